The van der Waals surface area contributed by atoms with Crippen LogP contribution in [0.2, 0.25) is 0 Å². The van der Waals surface area contributed by atoms with E-state index in [1.165, 1.54) is 30.3 Å². The third-order valence-electron chi connectivity index (χ3n) is 3.08. The molecule has 6 heteroatoms. The maximum absolute atomic E-state index is 12.9. The number of aromatic hydroxyl groups is 3. The average Bonchev–Trinajstić information content (AvgIpc) is 2.45. The Morgan fingerprint density at radius 1 is 0.952 bits per heavy atom. The first-order chi connectivity index (χ1) is 9.97. The van der Waals surface area contributed by atoms with Gasteiger partial charge in [0.2, 0.25) is 5.75 Å². The summed E-state index contributed by atoms with van der Waals surface area (Å²) >= 11 is 5.17. The van der Waals surface area contributed by atoms with Gasteiger partial charge in [0.1, 0.15) is 17.2 Å². The predicted octanol–water partition coefficient (Wildman–Crippen LogP) is 4.09. The summed E-state index contributed by atoms with van der Waals surface area (Å²) < 4.78 is 18.7. The van der Waals surface area contributed by atoms with Crippen LogP contribution in [0.25, 0.3) is 22.3 Å². The molecule has 0 aliphatic rings. The van der Waals surface area contributed by atoms with Crippen molar-refractivity contribution >= 4 is 23.2 Å². The lowest BCUT2D eigenvalue weighted by atomic mass is 10.1. The zero-order valence-corrected chi connectivity index (χ0v) is 11.3. The molecule has 0 aliphatic carbocycles. The molecule has 4 nitrogen and oxygen atoms in total. The van der Waals surface area contributed by atoms with Crippen LogP contribution in [-0.4, -0.2) is 15.3 Å². The van der Waals surface area contributed by atoms with E-state index in [1.54, 1.807) is 0 Å². The number of hydrogen-bond acceptors (Lipinski definition) is 5. The summed E-state index contributed by atoms with van der Waals surface area (Å²) in [6, 6.07) is 8.26. The van der Waals surface area contributed by atoms with Crippen molar-refractivity contribution in [3.05, 3.63) is 46.7 Å². The van der Waals surface area contributed by atoms with Gasteiger partial charge in [-0.05, 0) is 24.3 Å². The van der Waals surface area contributed by atoms with E-state index in [4.69, 9.17) is 16.6 Å². The lowest BCUT2D eigenvalue weighted by Crippen LogP contribution is -1.83. The molecule has 3 N–H and O–H groups in total. The topological polar surface area (TPSA) is 73.8 Å². The van der Waals surface area contributed by atoms with Gasteiger partial charge in [-0.25, -0.2) is 4.39 Å². The molecule has 0 radical (unpaired) electrons. The van der Waals surface area contributed by atoms with Crippen molar-refractivity contribution in [1.29, 1.82) is 0 Å². The molecule has 3 rings (SSSR count). The van der Waals surface area contributed by atoms with Crippen LogP contribution in [0.5, 0.6) is 17.2 Å². The fourth-order valence-corrected chi connectivity index (χ4v) is 2.34. The first-order valence-electron chi connectivity index (χ1n) is 5.95. The van der Waals surface area contributed by atoms with Crippen LogP contribution in [0.3, 0.4) is 0 Å². The molecule has 0 fully saturated rings. The minimum Gasteiger partial charge on any atom is -0.504 e. The van der Waals surface area contributed by atoms with Crippen LogP contribution in [0, 0.1) is 10.3 Å². The number of hydrogen-bond donors (Lipinski definition) is 3. The van der Waals surface area contributed by atoms with Crippen molar-refractivity contribution in [3.8, 4) is 28.6 Å². The molecule has 106 valence electrons. The number of fused-ring (bicyclic) bond motifs is 1. The normalized spacial score (nSPS) is 10.9. The fraction of sp³-hybridized carbons (Fsp3) is 0. The third-order valence-corrected chi connectivity index (χ3v) is 3.40. The van der Waals surface area contributed by atoms with Gasteiger partial charge in [0.05, 0.1) is 9.90 Å². The quantitative estimate of drug-likeness (QED) is 0.466. The number of rotatable bonds is 1. The Labute approximate surface area is 123 Å². The smallest absolute Gasteiger partial charge is 0.201 e. The Bertz CT molecular complexity index is 900. The number of halogens is 1. The molecular formula is C15H9FO4S. The van der Waals surface area contributed by atoms with E-state index in [1.807, 2.05) is 0 Å². The van der Waals surface area contributed by atoms with Crippen molar-refractivity contribution in [3.63, 3.8) is 0 Å². The second-order valence-electron chi connectivity index (χ2n) is 4.45. The zero-order valence-electron chi connectivity index (χ0n) is 10.5. The van der Waals surface area contributed by atoms with Crippen molar-refractivity contribution < 1.29 is 24.1 Å². The van der Waals surface area contributed by atoms with E-state index in [2.05, 4.69) is 0 Å². The minimum absolute atomic E-state index is 0.120. The summed E-state index contributed by atoms with van der Waals surface area (Å²) in [6.45, 7) is 0. The van der Waals surface area contributed by atoms with Crippen molar-refractivity contribution in [2.24, 2.45) is 0 Å². The largest absolute Gasteiger partial charge is 0.504 e. The van der Waals surface area contributed by atoms with Gasteiger partial charge in [0.25, 0.3) is 0 Å². The molecular weight excluding hydrogens is 295 g/mol. The van der Waals surface area contributed by atoms with Gasteiger partial charge in [-0.15, -0.1) is 0 Å². The second kappa shape index (κ2) is 4.75. The molecule has 0 amide bonds. The van der Waals surface area contributed by atoms with Crippen molar-refractivity contribution in [1.82, 2.24) is 0 Å². The molecule has 3 aromatic rings. The highest BCUT2D eigenvalue weighted by atomic mass is 32.1. The maximum Gasteiger partial charge on any atom is 0.201 e. The van der Waals surface area contributed by atoms with Crippen LogP contribution in [-0.2, 0) is 0 Å². The van der Waals surface area contributed by atoms with Gasteiger partial charge in [-0.1, -0.05) is 12.2 Å². The van der Waals surface area contributed by atoms with E-state index in [9.17, 15) is 19.7 Å². The Morgan fingerprint density at radius 2 is 1.62 bits per heavy atom. The van der Waals surface area contributed by atoms with E-state index < -0.39 is 17.2 Å². The molecule has 1 heterocycles. The highest BCUT2D eigenvalue weighted by molar-refractivity contribution is 7.71. The lowest BCUT2D eigenvalue weighted by Gasteiger charge is -2.08. The standard InChI is InChI=1S/C15H9FO4S/c16-8-3-1-7(2-4-8)10-6-12(21)13-11(20-10)5-9(17)14(18)15(13)19/h1-6,17-19H. The van der Waals surface area contributed by atoms with Gasteiger partial charge in [0, 0.05) is 17.7 Å². The fourth-order valence-electron chi connectivity index (χ4n) is 2.04. The van der Waals surface area contributed by atoms with Crippen molar-refractivity contribution in [2.45, 2.75) is 0 Å². The monoisotopic (exact) mass is 304 g/mol. The Morgan fingerprint density at radius 3 is 2.29 bits per heavy atom. The summed E-state index contributed by atoms with van der Waals surface area (Å²) in [6.07, 6.45) is 0. The first-order valence-corrected chi connectivity index (χ1v) is 6.36. The van der Waals surface area contributed by atoms with Gasteiger partial charge in [-0.2, -0.15) is 0 Å². The average molecular weight is 304 g/mol. The zero-order chi connectivity index (χ0) is 15.1. The molecule has 0 bridgehead atoms. The molecule has 21 heavy (non-hydrogen) atoms. The van der Waals surface area contributed by atoms with Gasteiger partial charge < -0.3 is 19.7 Å². The highest BCUT2D eigenvalue weighted by Crippen LogP contribution is 2.42. The van der Waals surface area contributed by atoms with Gasteiger partial charge >= 0.3 is 0 Å². The summed E-state index contributed by atoms with van der Waals surface area (Å²) in [7, 11) is 0. The van der Waals surface area contributed by atoms with E-state index in [0.29, 0.717) is 11.3 Å². The molecule has 0 atom stereocenters. The maximum atomic E-state index is 12.9. The minimum atomic E-state index is -0.654. The molecule has 0 unspecified atom stereocenters. The Kier molecular flexibility index (Phi) is 3.03. The van der Waals surface area contributed by atoms with E-state index in [0.717, 1.165) is 6.07 Å². The molecule has 1 aromatic heterocycles. The first kappa shape index (κ1) is 13.4. The summed E-state index contributed by atoms with van der Waals surface area (Å²) in [5.41, 5.74) is 0.714. The van der Waals surface area contributed by atoms with Crippen LogP contribution in [0.15, 0.2) is 40.8 Å². The SMILES string of the molecule is Oc1cc2oc(-c3ccc(F)cc3)cc(=S)c2c(O)c1O. The van der Waals surface area contributed by atoms with Gasteiger partial charge in [-0.3, -0.25) is 0 Å². The van der Waals surface area contributed by atoms with Crippen LogP contribution in [0.1, 0.15) is 0 Å². The lowest BCUT2D eigenvalue weighted by molar-refractivity contribution is 0.370. The highest BCUT2D eigenvalue weighted by Gasteiger charge is 2.15. The van der Waals surface area contributed by atoms with Gasteiger partial charge in [0.15, 0.2) is 11.5 Å². The molecule has 0 saturated carbocycles. The number of phenolic OH excluding ortho intramolecular Hbond substituents is 3. The van der Waals surface area contributed by atoms with Crippen molar-refractivity contribution in [2.75, 3.05) is 0 Å². The second-order valence-corrected chi connectivity index (χ2v) is 4.89. The molecule has 0 spiro atoms. The third kappa shape index (κ3) is 2.19. The van der Waals surface area contributed by atoms with Crippen LogP contribution in [0.4, 0.5) is 4.39 Å². The molecule has 0 aliphatic heterocycles. The summed E-state index contributed by atoms with van der Waals surface area (Å²) in [5.74, 6) is -1.73. The summed E-state index contributed by atoms with van der Waals surface area (Å²) in [5, 5.41) is 29.0. The summed E-state index contributed by atoms with van der Waals surface area (Å²) in [4.78, 5) is 0. The number of phenols is 3. The van der Waals surface area contributed by atoms with Crippen LogP contribution >= 0.6 is 12.2 Å². The molecule has 2 aromatic carbocycles. The van der Waals surface area contributed by atoms with E-state index in [-0.39, 0.29) is 21.3 Å². The number of benzene rings is 2. The Balaban J connectivity index is 2.31. The van der Waals surface area contributed by atoms with E-state index >= 15 is 0 Å². The molecule has 0 saturated heterocycles. The van der Waals surface area contributed by atoms with Crippen LogP contribution < -0.4 is 0 Å². The predicted molar refractivity (Wildman–Crippen MR) is 77.4 cm³/mol. The Hall–Kier alpha value is -2.60.